The fourth-order valence-corrected chi connectivity index (χ4v) is 2.14. The van der Waals surface area contributed by atoms with E-state index in [0.29, 0.717) is 5.56 Å². The monoisotopic (exact) mass is 354 g/mol. The quantitative estimate of drug-likeness (QED) is 0.266. The smallest absolute Gasteiger partial charge is 0.307 e. The fraction of sp³-hybridized carbons (Fsp3) is 0.500. The Bertz CT molecular complexity index is 592. The van der Waals surface area contributed by atoms with E-state index in [0.717, 1.165) is 0 Å². The molecule has 0 bridgehead atoms. The van der Waals surface area contributed by atoms with Gasteiger partial charge in [-0.15, -0.1) is 0 Å². The molecule has 9 heteroatoms. The maximum atomic E-state index is 12.5. The van der Waals surface area contributed by atoms with Crippen LogP contribution in [0.25, 0.3) is 0 Å². The standard InChI is InChI=1S/C16H22N2O7/c1-24-16(21)6-7-17(8-10-25-11-9-19)15(20)12-13-4-2-3-5-14(13)18(22)23/h2-5,19H,6-12H2,1H3. The first-order valence-electron chi connectivity index (χ1n) is 7.75. The number of aliphatic hydroxyl groups excluding tert-OH is 1. The number of hydrogen-bond donors (Lipinski definition) is 1. The molecular formula is C16H22N2O7. The highest BCUT2D eigenvalue weighted by Crippen LogP contribution is 2.19. The Morgan fingerprint density at radius 1 is 1.24 bits per heavy atom. The van der Waals surface area contributed by atoms with Gasteiger partial charge in [-0.2, -0.15) is 0 Å². The van der Waals surface area contributed by atoms with E-state index in [9.17, 15) is 19.7 Å². The highest BCUT2D eigenvalue weighted by atomic mass is 16.6. The van der Waals surface area contributed by atoms with Crippen LogP contribution >= 0.6 is 0 Å². The molecule has 9 nitrogen and oxygen atoms in total. The number of aliphatic hydroxyl groups is 1. The number of nitro benzene ring substituents is 1. The molecule has 0 spiro atoms. The largest absolute Gasteiger partial charge is 0.469 e. The van der Waals surface area contributed by atoms with Crippen molar-refractivity contribution in [1.29, 1.82) is 0 Å². The van der Waals surface area contributed by atoms with Crippen molar-refractivity contribution in [3.63, 3.8) is 0 Å². The Balaban J connectivity index is 2.76. The van der Waals surface area contributed by atoms with Crippen molar-refractivity contribution in [2.45, 2.75) is 12.8 Å². The summed E-state index contributed by atoms with van der Waals surface area (Å²) in [6, 6.07) is 6.02. The Hall–Kier alpha value is -2.52. The minimum atomic E-state index is -0.536. The summed E-state index contributed by atoms with van der Waals surface area (Å²) >= 11 is 0. The van der Waals surface area contributed by atoms with Gasteiger partial charge >= 0.3 is 5.97 Å². The number of ether oxygens (including phenoxy) is 2. The van der Waals surface area contributed by atoms with Crippen molar-refractivity contribution in [2.75, 3.05) is 40.0 Å². The summed E-state index contributed by atoms with van der Waals surface area (Å²) < 4.78 is 9.70. The van der Waals surface area contributed by atoms with Gasteiger partial charge in [0.1, 0.15) is 0 Å². The van der Waals surface area contributed by atoms with Crippen LogP contribution in [0.1, 0.15) is 12.0 Å². The molecule has 1 amide bonds. The van der Waals surface area contributed by atoms with E-state index >= 15 is 0 Å². The third kappa shape index (κ3) is 7.27. The molecule has 0 aliphatic heterocycles. The Kier molecular flexibility index (Phi) is 9.12. The van der Waals surface area contributed by atoms with Gasteiger partial charge in [0.2, 0.25) is 5.91 Å². The molecular weight excluding hydrogens is 332 g/mol. The lowest BCUT2D eigenvalue weighted by molar-refractivity contribution is -0.385. The van der Waals surface area contributed by atoms with Crippen LogP contribution in [0.2, 0.25) is 0 Å². The van der Waals surface area contributed by atoms with Crippen LogP contribution in [0.4, 0.5) is 5.69 Å². The number of carbonyl (C=O) groups excluding carboxylic acids is 2. The van der Waals surface area contributed by atoms with Gasteiger partial charge in [-0.1, -0.05) is 18.2 Å². The van der Waals surface area contributed by atoms with Gasteiger partial charge in [0.15, 0.2) is 0 Å². The van der Waals surface area contributed by atoms with E-state index in [1.54, 1.807) is 6.07 Å². The second-order valence-electron chi connectivity index (χ2n) is 5.11. The van der Waals surface area contributed by atoms with Gasteiger partial charge in [0.25, 0.3) is 5.69 Å². The van der Waals surface area contributed by atoms with Crippen LogP contribution in [0, 0.1) is 10.1 Å². The number of amides is 1. The van der Waals surface area contributed by atoms with Gasteiger partial charge < -0.3 is 19.5 Å². The highest BCUT2D eigenvalue weighted by molar-refractivity contribution is 5.80. The zero-order valence-corrected chi connectivity index (χ0v) is 14.1. The molecule has 1 N–H and O–H groups in total. The molecule has 0 aromatic heterocycles. The van der Waals surface area contributed by atoms with E-state index in [4.69, 9.17) is 9.84 Å². The first kappa shape index (κ1) is 20.5. The first-order valence-corrected chi connectivity index (χ1v) is 7.75. The molecule has 0 aliphatic rings. The summed E-state index contributed by atoms with van der Waals surface area (Å²) in [6.45, 7) is 0.519. The zero-order valence-electron chi connectivity index (χ0n) is 14.1. The minimum absolute atomic E-state index is 0.0130. The number of methoxy groups -OCH3 is 1. The van der Waals surface area contributed by atoms with Gasteiger partial charge in [0, 0.05) is 24.7 Å². The maximum Gasteiger partial charge on any atom is 0.307 e. The topological polar surface area (TPSA) is 119 Å². The van der Waals surface area contributed by atoms with Crippen molar-refractivity contribution in [2.24, 2.45) is 0 Å². The molecule has 1 rings (SSSR count). The van der Waals surface area contributed by atoms with Gasteiger partial charge in [0.05, 0.1) is 44.7 Å². The molecule has 1 aromatic carbocycles. The summed E-state index contributed by atoms with van der Waals surface area (Å²) in [5, 5.41) is 19.7. The third-order valence-electron chi connectivity index (χ3n) is 3.44. The summed E-state index contributed by atoms with van der Waals surface area (Å²) in [5.74, 6) is -0.814. The lowest BCUT2D eigenvalue weighted by atomic mass is 10.1. The SMILES string of the molecule is COC(=O)CCN(CCOCCO)C(=O)Cc1ccccc1[N+](=O)[O-]. The van der Waals surface area contributed by atoms with Crippen molar-refractivity contribution in [3.05, 3.63) is 39.9 Å². The normalized spacial score (nSPS) is 10.3. The molecule has 0 saturated carbocycles. The van der Waals surface area contributed by atoms with Gasteiger partial charge in [-0.25, -0.2) is 0 Å². The number of benzene rings is 1. The van der Waals surface area contributed by atoms with E-state index in [-0.39, 0.29) is 57.3 Å². The summed E-state index contributed by atoms with van der Waals surface area (Å²) in [4.78, 5) is 35.7. The summed E-state index contributed by atoms with van der Waals surface area (Å²) in [6.07, 6.45) is -0.141. The highest BCUT2D eigenvalue weighted by Gasteiger charge is 2.20. The molecule has 0 heterocycles. The molecule has 0 unspecified atom stereocenters. The Morgan fingerprint density at radius 3 is 2.60 bits per heavy atom. The zero-order chi connectivity index (χ0) is 18.7. The number of rotatable bonds is 11. The number of nitrogens with zero attached hydrogens (tertiary/aromatic N) is 2. The van der Waals surface area contributed by atoms with E-state index in [1.807, 2.05) is 0 Å². The average molecular weight is 354 g/mol. The van der Waals surface area contributed by atoms with Crippen LogP contribution in [0.5, 0.6) is 0 Å². The van der Waals surface area contributed by atoms with Crippen LogP contribution in [-0.4, -0.2) is 66.8 Å². The van der Waals surface area contributed by atoms with Crippen LogP contribution in [-0.2, 0) is 25.5 Å². The van der Waals surface area contributed by atoms with Crippen LogP contribution in [0.15, 0.2) is 24.3 Å². The lowest BCUT2D eigenvalue weighted by Crippen LogP contribution is -2.37. The second kappa shape index (κ2) is 11.1. The van der Waals surface area contributed by atoms with Crippen molar-refractivity contribution < 1.29 is 29.1 Å². The summed E-state index contributed by atoms with van der Waals surface area (Å²) in [7, 11) is 1.26. The van der Waals surface area contributed by atoms with Gasteiger partial charge in [-0.05, 0) is 0 Å². The molecule has 0 saturated heterocycles. The van der Waals surface area contributed by atoms with E-state index in [1.165, 1.54) is 30.2 Å². The Labute approximate surface area is 145 Å². The molecule has 0 aliphatic carbocycles. The average Bonchev–Trinajstić information content (AvgIpc) is 2.60. The van der Waals surface area contributed by atoms with Crippen molar-refractivity contribution >= 4 is 17.6 Å². The summed E-state index contributed by atoms with van der Waals surface area (Å²) in [5.41, 5.74) is 0.178. The maximum absolute atomic E-state index is 12.5. The number of para-hydroxylation sites is 1. The molecule has 0 radical (unpaired) electrons. The predicted octanol–water partition coefficient (Wildman–Crippen LogP) is 0.538. The number of carbonyl (C=O) groups is 2. The first-order chi connectivity index (χ1) is 12.0. The van der Waals surface area contributed by atoms with Crippen molar-refractivity contribution in [3.8, 4) is 0 Å². The molecule has 138 valence electrons. The fourth-order valence-electron chi connectivity index (χ4n) is 2.14. The Morgan fingerprint density at radius 2 is 1.96 bits per heavy atom. The van der Waals surface area contributed by atoms with Crippen LogP contribution in [0.3, 0.4) is 0 Å². The molecule has 25 heavy (non-hydrogen) atoms. The van der Waals surface area contributed by atoms with E-state index in [2.05, 4.69) is 4.74 Å². The second-order valence-corrected chi connectivity index (χ2v) is 5.11. The molecule has 0 atom stereocenters. The lowest BCUT2D eigenvalue weighted by Gasteiger charge is -2.22. The van der Waals surface area contributed by atoms with Crippen LogP contribution < -0.4 is 0 Å². The number of nitro groups is 1. The van der Waals surface area contributed by atoms with Crippen molar-refractivity contribution in [1.82, 2.24) is 4.90 Å². The molecule has 1 aromatic rings. The number of esters is 1. The number of hydrogen-bond acceptors (Lipinski definition) is 7. The van der Waals surface area contributed by atoms with Gasteiger partial charge in [-0.3, -0.25) is 19.7 Å². The van der Waals surface area contributed by atoms with E-state index < -0.39 is 10.9 Å². The minimum Gasteiger partial charge on any atom is -0.469 e. The predicted molar refractivity (Wildman–Crippen MR) is 87.9 cm³/mol. The third-order valence-corrected chi connectivity index (χ3v) is 3.44. The molecule has 0 fully saturated rings.